The summed E-state index contributed by atoms with van der Waals surface area (Å²) in [4.78, 5) is 12.7. The van der Waals surface area contributed by atoms with E-state index >= 15 is 0 Å². The van der Waals surface area contributed by atoms with Gasteiger partial charge < -0.3 is 14.8 Å². The van der Waals surface area contributed by atoms with Crippen LogP contribution < -0.4 is 14.8 Å². The molecule has 3 aromatic rings. The monoisotopic (exact) mass is 379 g/mol. The number of nitrogens with zero attached hydrogens (tertiary/aromatic N) is 2. The lowest BCUT2D eigenvalue weighted by atomic mass is 10.1. The first-order valence-electron chi connectivity index (χ1n) is 9.29. The molecule has 0 saturated carbocycles. The largest absolute Gasteiger partial charge is 0.493 e. The fourth-order valence-electron chi connectivity index (χ4n) is 3.03. The molecule has 6 nitrogen and oxygen atoms in total. The predicted octanol–water partition coefficient (Wildman–Crippen LogP) is 3.98. The summed E-state index contributed by atoms with van der Waals surface area (Å²) < 4.78 is 13.0. The zero-order valence-corrected chi connectivity index (χ0v) is 16.4. The van der Waals surface area contributed by atoms with Gasteiger partial charge in [-0.05, 0) is 49.7 Å². The van der Waals surface area contributed by atoms with Gasteiger partial charge in [-0.1, -0.05) is 24.3 Å². The third-order valence-corrected chi connectivity index (χ3v) is 4.49. The van der Waals surface area contributed by atoms with Crippen molar-refractivity contribution in [3.8, 4) is 11.5 Å². The fourth-order valence-corrected chi connectivity index (χ4v) is 3.03. The number of aryl methyl sites for hydroxylation is 1. The molecule has 3 rings (SSSR count). The summed E-state index contributed by atoms with van der Waals surface area (Å²) in [5.74, 6) is 1.22. The first-order chi connectivity index (χ1) is 13.6. The number of carbonyl (C=O) groups excluding carboxylic acids is 1. The zero-order chi connectivity index (χ0) is 19.9. The van der Waals surface area contributed by atoms with Crippen LogP contribution in [0.25, 0.3) is 0 Å². The van der Waals surface area contributed by atoms with Gasteiger partial charge in [-0.25, -0.2) is 0 Å². The van der Waals surface area contributed by atoms with Crippen molar-refractivity contribution in [1.82, 2.24) is 15.1 Å². The molecule has 1 amide bonds. The van der Waals surface area contributed by atoms with Gasteiger partial charge >= 0.3 is 0 Å². The first-order valence-corrected chi connectivity index (χ1v) is 9.29. The Morgan fingerprint density at radius 3 is 2.68 bits per heavy atom. The second-order valence-electron chi connectivity index (χ2n) is 6.41. The molecule has 1 N–H and O–H groups in total. The number of nitrogens with one attached hydrogen (secondary N) is 1. The van der Waals surface area contributed by atoms with E-state index in [0.717, 1.165) is 17.8 Å². The standard InChI is InChI=1S/C22H25N3O3/c1-4-25-19(12-13-23-25)16(2)24-22(26)18-9-7-8-17(14-18)15-28-21-11-6-5-10-20(21)27-3/h5-14,16H,4,15H2,1-3H3,(H,24,26). The number of rotatable bonds is 8. The fraction of sp³-hybridized carbons (Fsp3) is 0.273. The Bertz CT molecular complexity index is 936. The lowest BCUT2D eigenvalue weighted by Gasteiger charge is -2.16. The summed E-state index contributed by atoms with van der Waals surface area (Å²) >= 11 is 0. The van der Waals surface area contributed by atoms with Gasteiger partial charge in [0, 0.05) is 18.3 Å². The van der Waals surface area contributed by atoms with Gasteiger partial charge in [0.25, 0.3) is 5.91 Å². The molecule has 0 fully saturated rings. The molecular weight excluding hydrogens is 354 g/mol. The van der Waals surface area contributed by atoms with E-state index in [9.17, 15) is 4.79 Å². The van der Waals surface area contributed by atoms with Crippen LogP contribution in [0.1, 0.15) is 41.5 Å². The first kappa shape index (κ1) is 19.5. The predicted molar refractivity (Wildman–Crippen MR) is 108 cm³/mol. The van der Waals surface area contributed by atoms with E-state index in [0.29, 0.717) is 23.7 Å². The second-order valence-corrected chi connectivity index (χ2v) is 6.41. The number of benzene rings is 2. The SMILES string of the molecule is CCn1nccc1C(C)NC(=O)c1cccc(COc2ccccc2OC)c1. The molecule has 1 aromatic heterocycles. The maximum atomic E-state index is 12.7. The van der Waals surface area contributed by atoms with Crippen LogP contribution in [-0.4, -0.2) is 22.8 Å². The molecule has 0 aliphatic heterocycles. The second kappa shape index (κ2) is 9.08. The molecular formula is C22H25N3O3. The lowest BCUT2D eigenvalue weighted by molar-refractivity contribution is 0.0938. The minimum absolute atomic E-state index is 0.129. The number of hydrogen-bond donors (Lipinski definition) is 1. The van der Waals surface area contributed by atoms with Gasteiger partial charge in [-0.2, -0.15) is 5.10 Å². The average molecular weight is 379 g/mol. The number of hydrogen-bond acceptors (Lipinski definition) is 4. The van der Waals surface area contributed by atoms with E-state index in [1.807, 2.05) is 67.1 Å². The molecule has 1 atom stereocenters. The van der Waals surface area contributed by atoms with Crippen molar-refractivity contribution in [2.75, 3.05) is 7.11 Å². The van der Waals surface area contributed by atoms with Crippen LogP contribution in [0, 0.1) is 0 Å². The van der Waals surface area contributed by atoms with Crippen LogP contribution in [0.2, 0.25) is 0 Å². The molecule has 1 heterocycles. The minimum Gasteiger partial charge on any atom is -0.493 e. The third-order valence-electron chi connectivity index (χ3n) is 4.49. The number of aromatic nitrogens is 2. The van der Waals surface area contributed by atoms with Crippen LogP contribution in [0.5, 0.6) is 11.5 Å². The Labute approximate surface area is 165 Å². The lowest BCUT2D eigenvalue weighted by Crippen LogP contribution is -2.28. The molecule has 0 aliphatic carbocycles. The van der Waals surface area contributed by atoms with Crippen LogP contribution in [0.15, 0.2) is 60.8 Å². The highest BCUT2D eigenvalue weighted by atomic mass is 16.5. The van der Waals surface area contributed by atoms with E-state index in [2.05, 4.69) is 10.4 Å². The van der Waals surface area contributed by atoms with Gasteiger partial charge in [0.15, 0.2) is 11.5 Å². The highest BCUT2D eigenvalue weighted by Gasteiger charge is 2.15. The van der Waals surface area contributed by atoms with Crippen molar-refractivity contribution in [2.45, 2.75) is 33.0 Å². The van der Waals surface area contributed by atoms with E-state index in [-0.39, 0.29) is 11.9 Å². The van der Waals surface area contributed by atoms with Gasteiger partial charge in [0.1, 0.15) is 6.61 Å². The topological polar surface area (TPSA) is 65.4 Å². The summed E-state index contributed by atoms with van der Waals surface area (Å²) in [5.41, 5.74) is 2.48. The quantitative estimate of drug-likeness (QED) is 0.643. The summed E-state index contributed by atoms with van der Waals surface area (Å²) in [6.07, 6.45) is 1.75. The van der Waals surface area contributed by atoms with Crippen molar-refractivity contribution in [3.05, 3.63) is 77.6 Å². The molecule has 2 aromatic carbocycles. The molecule has 6 heteroatoms. The van der Waals surface area contributed by atoms with Crippen LogP contribution in [-0.2, 0) is 13.2 Å². The minimum atomic E-state index is -0.136. The van der Waals surface area contributed by atoms with Gasteiger partial charge in [-0.3, -0.25) is 9.48 Å². The smallest absolute Gasteiger partial charge is 0.251 e. The highest BCUT2D eigenvalue weighted by Crippen LogP contribution is 2.26. The zero-order valence-electron chi connectivity index (χ0n) is 16.4. The van der Waals surface area contributed by atoms with E-state index in [1.165, 1.54) is 0 Å². The Kier molecular flexibility index (Phi) is 6.32. The average Bonchev–Trinajstić information content (AvgIpc) is 3.21. The van der Waals surface area contributed by atoms with Gasteiger partial charge in [0.05, 0.1) is 18.8 Å². The molecule has 0 radical (unpaired) electrons. The molecule has 0 bridgehead atoms. The number of methoxy groups -OCH3 is 1. The number of amides is 1. The molecule has 1 unspecified atom stereocenters. The highest BCUT2D eigenvalue weighted by molar-refractivity contribution is 5.94. The van der Waals surface area contributed by atoms with Crippen molar-refractivity contribution in [1.29, 1.82) is 0 Å². The molecule has 0 saturated heterocycles. The summed E-state index contributed by atoms with van der Waals surface area (Å²) in [6, 6.07) is 16.7. The van der Waals surface area contributed by atoms with Crippen LogP contribution >= 0.6 is 0 Å². The van der Waals surface area contributed by atoms with Crippen LogP contribution in [0.3, 0.4) is 0 Å². The Morgan fingerprint density at radius 2 is 1.93 bits per heavy atom. The summed E-state index contributed by atoms with van der Waals surface area (Å²) in [7, 11) is 1.61. The molecule has 146 valence electrons. The maximum Gasteiger partial charge on any atom is 0.251 e. The van der Waals surface area contributed by atoms with Crippen LogP contribution in [0.4, 0.5) is 0 Å². The van der Waals surface area contributed by atoms with E-state index < -0.39 is 0 Å². The Balaban J connectivity index is 1.66. The van der Waals surface area contributed by atoms with Crippen molar-refractivity contribution < 1.29 is 14.3 Å². The third kappa shape index (κ3) is 4.52. The summed E-state index contributed by atoms with van der Waals surface area (Å²) in [6.45, 7) is 5.09. The van der Waals surface area contributed by atoms with E-state index in [4.69, 9.17) is 9.47 Å². The van der Waals surface area contributed by atoms with Crippen molar-refractivity contribution in [2.24, 2.45) is 0 Å². The molecule has 0 aliphatic rings. The van der Waals surface area contributed by atoms with Gasteiger partial charge in [0.2, 0.25) is 0 Å². The summed E-state index contributed by atoms with van der Waals surface area (Å²) in [5, 5.41) is 7.29. The Morgan fingerprint density at radius 1 is 1.14 bits per heavy atom. The number of ether oxygens (including phenoxy) is 2. The van der Waals surface area contributed by atoms with E-state index in [1.54, 1.807) is 19.4 Å². The molecule has 0 spiro atoms. The van der Waals surface area contributed by atoms with Crippen molar-refractivity contribution >= 4 is 5.91 Å². The maximum absolute atomic E-state index is 12.7. The number of carbonyl (C=O) groups is 1. The van der Waals surface area contributed by atoms with Crippen molar-refractivity contribution in [3.63, 3.8) is 0 Å². The molecule has 28 heavy (non-hydrogen) atoms. The normalized spacial score (nSPS) is 11.7. The van der Waals surface area contributed by atoms with Gasteiger partial charge in [-0.15, -0.1) is 0 Å². The Hall–Kier alpha value is -3.28. The number of para-hydroxylation sites is 2.